The third-order valence-electron chi connectivity index (χ3n) is 4.24. The first kappa shape index (κ1) is 13.5. The van der Waals surface area contributed by atoms with Gasteiger partial charge < -0.3 is 10.0 Å². The van der Waals surface area contributed by atoms with E-state index in [9.17, 15) is 18.7 Å². The largest absolute Gasteiger partial charge is 0.383 e. The second kappa shape index (κ2) is 4.79. The number of carbonyl (C=O) groups excluding carboxylic acids is 1. The van der Waals surface area contributed by atoms with Crippen LogP contribution in [0.5, 0.6) is 0 Å². The predicted molar refractivity (Wildman–Crippen MR) is 67.7 cm³/mol. The van der Waals surface area contributed by atoms with Crippen molar-refractivity contribution < 1.29 is 18.7 Å². The van der Waals surface area contributed by atoms with Gasteiger partial charge in [-0.2, -0.15) is 0 Å². The van der Waals surface area contributed by atoms with E-state index in [2.05, 4.69) is 0 Å². The number of hydrogen-bond acceptors (Lipinski definition) is 3. The van der Waals surface area contributed by atoms with Crippen LogP contribution in [0.25, 0.3) is 0 Å². The topological polar surface area (TPSA) is 43.8 Å². The number of fused-ring (bicyclic) bond motifs is 1. The smallest absolute Gasteiger partial charge is 0.251 e. The van der Waals surface area contributed by atoms with E-state index in [1.54, 1.807) is 11.9 Å². The van der Waals surface area contributed by atoms with Crippen molar-refractivity contribution in [3.05, 3.63) is 35.4 Å². The number of likely N-dealkylation sites (N-methyl/N-ethyl adjacent to an activating group) is 1. The van der Waals surface area contributed by atoms with E-state index in [4.69, 9.17) is 0 Å². The lowest BCUT2D eigenvalue weighted by atomic mass is 10.0. The number of aliphatic hydroxyl groups is 1. The summed E-state index contributed by atoms with van der Waals surface area (Å²) in [6.07, 6.45) is -0.959. The number of halogens is 2. The van der Waals surface area contributed by atoms with Crippen LogP contribution in [0.15, 0.2) is 18.2 Å². The molecule has 2 aliphatic heterocycles. The van der Waals surface area contributed by atoms with Crippen LogP contribution in [-0.2, 0) is 11.3 Å². The minimum Gasteiger partial charge on any atom is -0.383 e. The van der Waals surface area contributed by atoms with Gasteiger partial charge >= 0.3 is 0 Å². The Morgan fingerprint density at radius 3 is 2.50 bits per heavy atom. The van der Waals surface area contributed by atoms with E-state index >= 15 is 0 Å². The minimum atomic E-state index is -0.959. The highest BCUT2D eigenvalue weighted by molar-refractivity contribution is 5.84. The third-order valence-corrected chi connectivity index (χ3v) is 4.24. The van der Waals surface area contributed by atoms with Crippen LogP contribution in [0, 0.1) is 17.6 Å². The van der Waals surface area contributed by atoms with Crippen LogP contribution >= 0.6 is 0 Å². The summed E-state index contributed by atoms with van der Waals surface area (Å²) < 4.78 is 26.3. The molecular formula is C14H16F2N2O2. The molecule has 2 fully saturated rings. The summed E-state index contributed by atoms with van der Waals surface area (Å²) in [5.74, 6) is -1.54. The fraction of sp³-hybridized carbons (Fsp3) is 0.500. The summed E-state index contributed by atoms with van der Waals surface area (Å²) in [5, 5.41) is 9.87. The van der Waals surface area contributed by atoms with Gasteiger partial charge in [0.1, 0.15) is 17.7 Å². The van der Waals surface area contributed by atoms with Gasteiger partial charge in [0.2, 0.25) is 0 Å². The Bertz CT molecular complexity index is 512. The average Bonchev–Trinajstić information content (AvgIpc) is 2.85. The fourth-order valence-corrected chi connectivity index (χ4v) is 3.26. The molecule has 1 amide bonds. The average molecular weight is 282 g/mol. The molecule has 3 rings (SSSR count). The molecule has 0 spiro atoms. The maximum absolute atomic E-state index is 13.2. The van der Waals surface area contributed by atoms with Crippen LogP contribution in [0.2, 0.25) is 0 Å². The summed E-state index contributed by atoms with van der Waals surface area (Å²) >= 11 is 0. The maximum atomic E-state index is 13.2. The molecule has 108 valence electrons. The van der Waals surface area contributed by atoms with Crippen molar-refractivity contribution in [1.29, 1.82) is 0 Å². The lowest BCUT2D eigenvalue weighted by Crippen LogP contribution is -2.36. The zero-order chi connectivity index (χ0) is 14.4. The van der Waals surface area contributed by atoms with Crippen LogP contribution in [-0.4, -0.2) is 53.1 Å². The highest BCUT2D eigenvalue weighted by Crippen LogP contribution is 2.32. The van der Waals surface area contributed by atoms with Crippen molar-refractivity contribution in [3.8, 4) is 0 Å². The molecule has 1 aromatic carbocycles. The lowest BCUT2D eigenvalue weighted by Gasteiger charge is -2.21. The third kappa shape index (κ3) is 2.19. The Labute approximate surface area is 115 Å². The normalized spacial score (nSPS) is 30.1. The molecule has 0 bridgehead atoms. The van der Waals surface area contributed by atoms with Gasteiger partial charge in [-0.1, -0.05) is 0 Å². The Hall–Kier alpha value is -1.53. The molecule has 3 atom stereocenters. The van der Waals surface area contributed by atoms with Crippen molar-refractivity contribution in [1.82, 2.24) is 9.80 Å². The first-order valence-corrected chi connectivity index (χ1v) is 6.58. The van der Waals surface area contributed by atoms with E-state index in [-0.39, 0.29) is 17.9 Å². The molecule has 6 heteroatoms. The minimum absolute atomic E-state index is 0.0177. The van der Waals surface area contributed by atoms with Crippen molar-refractivity contribution in [2.24, 2.45) is 5.92 Å². The Kier molecular flexibility index (Phi) is 3.22. The first-order valence-electron chi connectivity index (χ1n) is 6.58. The molecule has 1 N–H and O–H groups in total. The monoisotopic (exact) mass is 282 g/mol. The Morgan fingerprint density at radius 1 is 1.25 bits per heavy atom. The molecule has 0 aliphatic carbocycles. The Balaban J connectivity index is 1.71. The van der Waals surface area contributed by atoms with Gasteiger partial charge in [0.15, 0.2) is 0 Å². The van der Waals surface area contributed by atoms with Crippen LogP contribution < -0.4 is 0 Å². The maximum Gasteiger partial charge on any atom is 0.251 e. The summed E-state index contributed by atoms with van der Waals surface area (Å²) in [6, 6.07) is 3.44. The van der Waals surface area contributed by atoms with Gasteiger partial charge in [0.25, 0.3) is 5.91 Å². The number of rotatable bonds is 2. The van der Waals surface area contributed by atoms with E-state index in [0.29, 0.717) is 25.2 Å². The van der Waals surface area contributed by atoms with Crippen molar-refractivity contribution in [2.45, 2.75) is 18.7 Å². The van der Waals surface area contributed by atoms with E-state index in [0.717, 1.165) is 6.07 Å². The van der Waals surface area contributed by atoms with Gasteiger partial charge in [0, 0.05) is 38.7 Å². The number of nitrogens with zero attached hydrogens (tertiary/aromatic N) is 2. The molecule has 0 aromatic heterocycles. The molecule has 2 heterocycles. The number of amides is 1. The molecule has 2 saturated heterocycles. The second-order valence-corrected chi connectivity index (χ2v) is 5.60. The van der Waals surface area contributed by atoms with Crippen molar-refractivity contribution >= 4 is 5.91 Å². The van der Waals surface area contributed by atoms with Crippen molar-refractivity contribution in [3.63, 3.8) is 0 Å². The first-order chi connectivity index (χ1) is 9.45. The SMILES string of the molecule is CN1C(=O)[C@@H](O)[C@H]2CN(Cc3cc(F)cc(F)c3)C[C@H]21. The predicted octanol–water partition coefficient (Wildman–Crippen LogP) is 0.598. The summed E-state index contributed by atoms with van der Waals surface area (Å²) in [5.41, 5.74) is 0.561. The van der Waals surface area contributed by atoms with Crippen molar-refractivity contribution in [2.75, 3.05) is 20.1 Å². The zero-order valence-corrected chi connectivity index (χ0v) is 11.1. The zero-order valence-electron chi connectivity index (χ0n) is 11.1. The molecule has 0 unspecified atom stereocenters. The van der Waals surface area contributed by atoms with Gasteiger partial charge in [-0.3, -0.25) is 9.69 Å². The fourth-order valence-electron chi connectivity index (χ4n) is 3.26. The lowest BCUT2D eigenvalue weighted by molar-refractivity contribution is -0.135. The number of hydrogen-bond donors (Lipinski definition) is 1. The van der Waals surface area contributed by atoms with E-state index < -0.39 is 17.7 Å². The van der Waals surface area contributed by atoms with Gasteiger partial charge in [-0.05, 0) is 17.7 Å². The molecule has 20 heavy (non-hydrogen) atoms. The number of aliphatic hydroxyl groups excluding tert-OH is 1. The standard InChI is InChI=1S/C14H16F2N2O2/c1-17-12-7-18(6-11(12)13(19)14(17)20)5-8-2-9(15)4-10(16)3-8/h2-4,11-13,19H,5-7H2,1H3/t11-,12+,13-/m0/s1. The number of benzene rings is 1. The van der Waals surface area contributed by atoms with E-state index in [1.807, 2.05) is 4.90 Å². The molecule has 4 nitrogen and oxygen atoms in total. The molecular weight excluding hydrogens is 266 g/mol. The molecule has 0 saturated carbocycles. The number of carbonyl (C=O) groups is 1. The summed E-state index contributed by atoms with van der Waals surface area (Å²) in [4.78, 5) is 15.2. The highest BCUT2D eigenvalue weighted by atomic mass is 19.1. The quantitative estimate of drug-likeness (QED) is 0.864. The highest BCUT2D eigenvalue weighted by Gasteiger charge is 2.50. The second-order valence-electron chi connectivity index (χ2n) is 5.60. The number of likely N-dealkylation sites (tertiary alicyclic amines) is 2. The van der Waals surface area contributed by atoms with Crippen LogP contribution in [0.1, 0.15) is 5.56 Å². The molecule has 0 radical (unpaired) electrons. The molecule has 2 aliphatic rings. The van der Waals surface area contributed by atoms with Gasteiger partial charge in [-0.15, -0.1) is 0 Å². The summed E-state index contributed by atoms with van der Waals surface area (Å²) in [6.45, 7) is 1.58. The summed E-state index contributed by atoms with van der Waals surface area (Å²) in [7, 11) is 1.68. The van der Waals surface area contributed by atoms with Gasteiger partial charge in [-0.25, -0.2) is 8.78 Å². The van der Waals surface area contributed by atoms with E-state index in [1.165, 1.54) is 12.1 Å². The Morgan fingerprint density at radius 2 is 1.90 bits per heavy atom. The molecule has 1 aromatic rings. The van der Waals surface area contributed by atoms with Crippen LogP contribution in [0.3, 0.4) is 0 Å². The van der Waals surface area contributed by atoms with Crippen LogP contribution in [0.4, 0.5) is 8.78 Å². The van der Waals surface area contributed by atoms with Gasteiger partial charge in [0.05, 0.1) is 6.04 Å².